The molecule has 1 amide bonds. The second-order valence-corrected chi connectivity index (χ2v) is 8.66. The molecule has 0 bridgehead atoms. The van der Waals surface area contributed by atoms with E-state index in [0.717, 1.165) is 41.7 Å². The molecule has 38 heavy (non-hydrogen) atoms. The number of carbonyl (C=O) groups is 7. The van der Waals surface area contributed by atoms with Crippen molar-refractivity contribution in [1.29, 1.82) is 0 Å². The Morgan fingerprint density at radius 2 is 1.47 bits per heavy atom. The Balaban J connectivity index is 3.68. The molecule has 0 spiro atoms. The van der Waals surface area contributed by atoms with Crippen LogP contribution in [0.3, 0.4) is 0 Å². The molecule has 0 unspecified atom stereocenters. The molecule has 1 aliphatic heterocycles. The van der Waals surface area contributed by atoms with Gasteiger partial charge in [0, 0.05) is 41.0 Å². The zero-order valence-electron chi connectivity index (χ0n) is 21.6. The number of rotatable bonds is 11. The maximum Gasteiger partial charge on any atom is 0.354 e. The van der Waals surface area contributed by atoms with Crippen molar-refractivity contribution in [3.63, 3.8) is 0 Å². The van der Waals surface area contributed by atoms with Crippen molar-refractivity contribution < 1.29 is 66.7 Å². The summed E-state index contributed by atoms with van der Waals surface area (Å²) in [6, 6.07) is -1.43. The molecule has 1 fully saturated rings. The number of amides is 1. The molecule has 0 aromatic carbocycles. The van der Waals surface area contributed by atoms with Crippen molar-refractivity contribution in [2.45, 2.75) is 76.6 Å². The second-order valence-electron chi connectivity index (χ2n) is 8.05. The first kappa shape index (κ1) is 32.6. The topological polar surface area (TPSA) is 196 Å². The molecule has 0 radical (unpaired) electrons. The van der Waals surface area contributed by atoms with Crippen LogP contribution in [0.2, 0.25) is 0 Å². The van der Waals surface area contributed by atoms with Crippen molar-refractivity contribution >= 4 is 53.3 Å². The first-order chi connectivity index (χ1) is 17.6. The van der Waals surface area contributed by atoms with Crippen LogP contribution >= 0.6 is 11.6 Å². The maximum atomic E-state index is 12.6. The monoisotopic (exact) mass is 567 g/mol. The summed E-state index contributed by atoms with van der Waals surface area (Å²) in [7, 11) is 1.00. The molecule has 0 aromatic heterocycles. The summed E-state index contributed by atoms with van der Waals surface area (Å²) in [4.78, 5) is 83.5. The van der Waals surface area contributed by atoms with Crippen molar-refractivity contribution in [3.05, 3.63) is 0 Å². The molecule has 0 aliphatic carbocycles. The van der Waals surface area contributed by atoms with Crippen LogP contribution in [-0.2, 0) is 66.7 Å². The Morgan fingerprint density at radius 3 is 1.95 bits per heavy atom. The van der Waals surface area contributed by atoms with Gasteiger partial charge in [0.05, 0.1) is 13.2 Å². The number of esters is 6. The highest BCUT2D eigenvalue weighted by Gasteiger charge is 2.57. The van der Waals surface area contributed by atoms with Crippen molar-refractivity contribution in [3.8, 4) is 0 Å². The SMILES string of the molecule is COC(=O)[C@]1(Cl)C[C@H](OC(C)=O)[C@@H](NC(=O)COC(C)=O)[C@H]([C@H](OC(C)=O)[C@@H](COC(C)=O)OC(C)=O)O1. The predicted molar refractivity (Wildman–Crippen MR) is 122 cm³/mol. The van der Waals surface area contributed by atoms with Crippen molar-refractivity contribution in [2.75, 3.05) is 20.3 Å². The minimum absolute atomic E-state index is 0.551. The lowest BCUT2D eigenvalue weighted by Gasteiger charge is -2.46. The number of nitrogens with one attached hydrogen (secondary N) is 1. The Labute approximate surface area is 222 Å². The van der Waals surface area contributed by atoms with E-state index in [2.05, 4.69) is 10.1 Å². The summed E-state index contributed by atoms with van der Waals surface area (Å²) in [6.45, 7) is 3.79. The highest BCUT2D eigenvalue weighted by Crippen LogP contribution is 2.38. The first-order valence-electron chi connectivity index (χ1n) is 11.1. The van der Waals surface area contributed by atoms with Gasteiger partial charge in [0.1, 0.15) is 18.8 Å². The molecule has 6 atom stereocenters. The van der Waals surface area contributed by atoms with Crippen molar-refractivity contribution in [1.82, 2.24) is 5.32 Å². The minimum atomic E-state index is -2.34. The Kier molecular flexibility index (Phi) is 12.4. The fourth-order valence-electron chi connectivity index (χ4n) is 3.54. The number of carbonyl (C=O) groups excluding carboxylic acids is 7. The molecule has 1 rings (SSSR count). The van der Waals surface area contributed by atoms with Crippen LogP contribution in [0, 0.1) is 0 Å². The van der Waals surface area contributed by atoms with Gasteiger partial charge in [-0.05, 0) is 0 Å². The lowest BCUT2D eigenvalue weighted by Crippen LogP contribution is -2.67. The van der Waals surface area contributed by atoms with Gasteiger partial charge < -0.3 is 38.5 Å². The third kappa shape index (κ3) is 10.1. The Morgan fingerprint density at radius 1 is 0.895 bits per heavy atom. The zero-order chi connectivity index (χ0) is 29.2. The summed E-state index contributed by atoms with van der Waals surface area (Å²) >= 11 is 6.42. The first-order valence-corrected chi connectivity index (χ1v) is 11.5. The molecule has 214 valence electrons. The van der Waals surface area contributed by atoms with E-state index < -0.39 is 96.9 Å². The standard InChI is InChI=1S/C22H30ClNO14/c1-10(25)33-8-16(36-13(4)28)19(37-14(5)29)20-18(24-17(30)9-34-11(2)26)15(35-12(3)27)7-22(23,38-20)21(31)32-6/h15-16,18-20H,7-9H2,1-6H3,(H,24,30)/t15-,16+,18+,19+,20+,22-/m0/s1. The lowest BCUT2D eigenvalue weighted by molar-refractivity contribution is -0.225. The van der Waals surface area contributed by atoms with Gasteiger partial charge in [-0.25, -0.2) is 4.79 Å². The molecular weight excluding hydrogens is 538 g/mol. The summed E-state index contributed by atoms with van der Waals surface area (Å²) in [5.41, 5.74) is 0. The van der Waals surface area contributed by atoms with E-state index >= 15 is 0 Å². The fourth-order valence-corrected chi connectivity index (χ4v) is 3.87. The van der Waals surface area contributed by atoms with E-state index in [1.807, 2.05) is 0 Å². The predicted octanol–water partition coefficient (Wildman–Crippen LogP) is -0.710. The average molecular weight is 568 g/mol. The van der Waals surface area contributed by atoms with E-state index in [1.165, 1.54) is 0 Å². The van der Waals surface area contributed by atoms with Crippen LogP contribution in [0.5, 0.6) is 0 Å². The van der Waals surface area contributed by atoms with E-state index in [1.54, 1.807) is 0 Å². The average Bonchev–Trinajstić information content (AvgIpc) is 2.79. The molecule has 15 nitrogen and oxygen atoms in total. The van der Waals surface area contributed by atoms with E-state index in [0.29, 0.717) is 0 Å². The molecule has 1 aliphatic rings. The summed E-state index contributed by atoms with van der Waals surface area (Å²) < 4.78 is 35.9. The zero-order valence-corrected chi connectivity index (χ0v) is 22.4. The highest BCUT2D eigenvalue weighted by molar-refractivity contribution is 6.32. The smallest absolute Gasteiger partial charge is 0.354 e. The van der Waals surface area contributed by atoms with Crippen LogP contribution < -0.4 is 5.32 Å². The van der Waals surface area contributed by atoms with Crippen LogP contribution in [0.15, 0.2) is 0 Å². The van der Waals surface area contributed by atoms with Gasteiger partial charge in [0.25, 0.3) is 5.91 Å². The molecule has 16 heteroatoms. The van der Waals surface area contributed by atoms with Gasteiger partial charge in [0.2, 0.25) is 5.06 Å². The Bertz CT molecular complexity index is 939. The van der Waals surface area contributed by atoms with Gasteiger partial charge in [0.15, 0.2) is 18.8 Å². The van der Waals surface area contributed by atoms with Gasteiger partial charge in [-0.3, -0.25) is 28.8 Å². The van der Waals surface area contributed by atoms with Gasteiger partial charge in [-0.2, -0.15) is 0 Å². The number of hydrogen-bond donors (Lipinski definition) is 1. The molecule has 1 N–H and O–H groups in total. The molecular formula is C22H30ClNO14. The largest absolute Gasteiger partial charge is 0.466 e. The summed E-state index contributed by atoms with van der Waals surface area (Å²) in [6.07, 6.45) is -6.89. The Hall–Kier alpha value is -3.46. The van der Waals surface area contributed by atoms with E-state index in [-0.39, 0.29) is 0 Å². The summed E-state index contributed by atoms with van der Waals surface area (Å²) in [5, 5.41) is 0.0966. The number of halogens is 1. The van der Waals surface area contributed by atoms with Crippen LogP contribution in [0.4, 0.5) is 0 Å². The van der Waals surface area contributed by atoms with Crippen molar-refractivity contribution in [2.24, 2.45) is 0 Å². The number of hydrogen-bond acceptors (Lipinski definition) is 14. The second kappa shape index (κ2) is 14.5. The van der Waals surface area contributed by atoms with Gasteiger partial charge in [-0.1, -0.05) is 11.6 Å². The van der Waals surface area contributed by atoms with E-state index in [4.69, 9.17) is 40.0 Å². The summed E-state index contributed by atoms with van der Waals surface area (Å²) in [5.74, 6) is -6.24. The fraction of sp³-hybridized carbons (Fsp3) is 0.682. The third-order valence-corrected chi connectivity index (χ3v) is 5.24. The molecule has 0 saturated carbocycles. The number of alkyl halides is 1. The van der Waals surface area contributed by atoms with Crippen LogP contribution in [0.25, 0.3) is 0 Å². The quantitative estimate of drug-likeness (QED) is 0.187. The van der Waals surface area contributed by atoms with Crippen LogP contribution in [-0.4, -0.2) is 97.6 Å². The minimum Gasteiger partial charge on any atom is -0.466 e. The van der Waals surface area contributed by atoms with E-state index in [9.17, 15) is 33.6 Å². The molecule has 0 aromatic rings. The molecule has 1 saturated heterocycles. The third-order valence-electron chi connectivity index (χ3n) is 4.84. The maximum absolute atomic E-state index is 12.6. The van der Waals surface area contributed by atoms with Crippen LogP contribution in [0.1, 0.15) is 41.0 Å². The number of methoxy groups -OCH3 is 1. The lowest BCUT2D eigenvalue weighted by atomic mass is 9.89. The number of ether oxygens (including phenoxy) is 7. The van der Waals surface area contributed by atoms with Gasteiger partial charge in [-0.15, -0.1) is 0 Å². The normalized spacial score (nSPS) is 24.0. The highest BCUT2D eigenvalue weighted by atomic mass is 35.5. The van der Waals surface area contributed by atoms with Gasteiger partial charge >= 0.3 is 35.8 Å². The molecule has 1 heterocycles.